The van der Waals surface area contributed by atoms with Crippen molar-refractivity contribution in [3.8, 4) is 0 Å². The van der Waals surface area contributed by atoms with Gasteiger partial charge in [0.25, 0.3) is 0 Å². The molecule has 1 aromatic rings. The molecule has 0 aromatic carbocycles. The summed E-state index contributed by atoms with van der Waals surface area (Å²) < 4.78 is 0. The molecule has 0 saturated heterocycles. The molecule has 0 amide bonds. The van der Waals surface area contributed by atoms with E-state index in [-0.39, 0.29) is 0 Å². The summed E-state index contributed by atoms with van der Waals surface area (Å²) in [4.78, 5) is 15.4. The summed E-state index contributed by atoms with van der Waals surface area (Å²) in [5.41, 5.74) is 0. The van der Waals surface area contributed by atoms with Crippen molar-refractivity contribution in [3.63, 3.8) is 0 Å². The van der Waals surface area contributed by atoms with Crippen LogP contribution < -0.4 is 15.5 Å². The molecule has 0 spiro atoms. The molecule has 2 unspecified atom stereocenters. The highest BCUT2D eigenvalue weighted by atomic mass is 15.3. The fourth-order valence-corrected chi connectivity index (χ4v) is 2.11. The molecule has 0 aliphatic heterocycles. The van der Waals surface area contributed by atoms with E-state index in [4.69, 9.17) is 0 Å². The van der Waals surface area contributed by atoms with Gasteiger partial charge in [0, 0.05) is 26.7 Å². The molecular weight excluding hydrogens is 240 g/mol. The van der Waals surface area contributed by atoms with Gasteiger partial charge in [0.1, 0.15) is 0 Å². The molecule has 19 heavy (non-hydrogen) atoms. The van der Waals surface area contributed by atoms with E-state index in [9.17, 15) is 0 Å². The predicted octanol–water partition coefficient (Wildman–Crippen LogP) is 1.83. The summed E-state index contributed by atoms with van der Waals surface area (Å²) in [6, 6.07) is 0. The van der Waals surface area contributed by atoms with Gasteiger partial charge in [-0.25, -0.2) is 0 Å². The molecular formula is C13H24N6. The van der Waals surface area contributed by atoms with E-state index in [1.54, 1.807) is 0 Å². The fourth-order valence-electron chi connectivity index (χ4n) is 2.11. The van der Waals surface area contributed by atoms with Crippen LogP contribution in [-0.4, -0.2) is 41.6 Å². The summed E-state index contributed by atoms with van der Waals surface area (Å²) >= 11 is 0. The molecule has 0 bridgehead atoms. The average molecular weight is 264 g/mol. The highest BCUT2D eigenvalue weighted by molar-refractivity contribution is 5.43. The molecule has 1 aliphatic carbocycles. The van der Waals surface area contributed by atoms with Crippen molar-refractivity contribution in [2.45, 2.75) is 27.2 Å². The molecule has 0 radical (unpaired) electrons. The number of nitrogens with zero attached hydrogens (tertiary/aromatic N) is 4. The van der Waals surface area contributed by atoms with Gasteiger partial charge in [-0.15, -0.1) is 0 Å². The van der Waals surface area contributed by atoms with E-state index >= 15 is 0 Å². The van der Waals surface area contributed by atoms with Gasteiger partial charge in [-0.3, -0.25) is 0 Å². The highest BCUT2D eigenvalue weighted by Gasteiger charge is 2.32. The third kappa shape index (κ3) is 3.45. The molecule has 2 atom stereocenters. The molecule has 1 aromatic heterocycles. The first kappa shape index (κ1) is 13.8. The first-order valence-corrected chi connectivity index (χ1v) is 7.10. The van der Waals surface area contributed by atoms with Crippen LogP contribution in [-0.2, 0) is 0 Å². The second kappa shape index (κ2) is 6.04. The first-order chi connectivity index (χ1) is 9.17. The molecule has 1 saturated carbocycles. The third-order valence-corrected chi connectivity index (χ3v) is 3.69. The standard InChI is InChI=1S/C13H24N6/c1-5-19(6-2)13-17-11(14-4)16-12(18-13)15-8-10-7-9(10)3/h9-10H,5-8H2,1-4H3,(H2,14,15,16,17,18). The van der Waals surface area contributed by atoms with E-state index < -0.39 is 0 Å². The van der Waals surface area contributed by atoms with E-state index in [1.165, 1.54) is 6.42 Å². The van der Waals surface area contributed by atoms with Gasteiger partial charge >= 0.3 is 0 Å². The normalized spacial score (nSPS) is 21.1. The van der Waals surface area contributed by atoms with Gasteiger partial charge in [0.05, 0.1) is 0 Å². The van der Waals surface area contributed by atoms with Gasteiger partial charge in [-0.05, 0) is 32.1 Å². The number of nitrogens with one attached hydrogen (secondary N) is 2. The van der Waals surface area contributed by atoms with Crippen molar-refractivity contribution in [2.24, 2.45) is 11.8 Å². The van der Waals surface area contributed by atoms with Crippen LogP contribution in [0.5, 0.6) is 0 Å². The average Bonchev–Trinajstić information content (AvgIpc) is 3.13. The van der Waals surface area contributed by atoms with Crippen molar-refractivity contribution < 1.29 is 0 Å². The highest BCUT2D eigenvalue weighted by Crippen LogP contribution is 2.37. The maximum absolute atomic E-state index is 4.50. The summed E-state index contributed by atoms with van der Waals surface area (Å²) in [7, 11) is 1.83. The Hall–Kier alpha value is -1.59. The molecule has 1 aliphatic rings. The van der Waals surface area contributed by atoms with Crippen LogP contribution in [0, 0.1) is 11.8 Å². The maximum Gasteiger partial charge on any atom is 0.231 e. The van der Waals surface area contributed by atoms with Crippen molar-refractivity contribution in [1.29, 1.82) is 0 Å². The van der Waals surface area contributed by atoms with Crippen molar-refractivity contribution >= 4 is 17.8 Å². The number of hydrogen-bond donors (Lipinski definition) is 2. The van der Waals surface area contributed by atoms with Crippen LogP contribution >= 0.6 is 0 Å². The van der Waals surface area contributed by atoms with E-state index in [1.807, 2.05) is 7.05 Å². The Bertz CT molecular complexity index is 418. The van der Waals surface area contributed by atoms with Crippen LogP contribution in [0.4, 0.5) is 17.8 Å². The zero-order valence-electron chi connectivity index (χ0n) is 12.3. The van der Waals surface area contributed by atoms with Crippen LogP contribution in [0.3, 0.4) is 0 Å². The smallest absolute Gasteiger partial charge is 0.231 e. The number of hydrogen-bond acceptors (Lipinski definition) is 6. The summed E-state index contributed by atoms with van der Waals surface area (Å²) in [6.45, 7) is 9.22. The Morgan fingerprint density at radius 3 is 2.32 bits per heavy atom. The Balaban J connectivity index is 2.10. The Labute approximate surface area is 115 Å². The quantitative estimate of drug-likeness (QED) is 0.783. The molecule has 2 N–H and O–H groups in total. The molecule has 6 nitrogen and oxygen atoms in total. The predicted molar refractivity (Wildman–Crippen MR) is 78.7 cm³/mol. The van der Waals surface area contributed by atoms with Gasteiger partial charge in [0.15, 0.2) is 0 Å². The van der Waals surface area contributed by atoms with Crippen LogP contribution in [0.25, 0.3) is 0 Å². The summed E-state index contributed by atoms with van der Waals surface area (Å²) in [5.74, 6) is 3.62. The summed E-state index contributed by atoms with van der Waals surface area (Å²) in [5, 5.41) is 6.32. The van der Waals surface area contributed by atoms with Crippen LogP contribution in [0.2, 0.25) is 0 Å². The zero-order chi connectivity index (χ0) is 13.8. The zero-order valence-corrected chi connectivity index (χ0v) is 12.3. The second-order valence-electron chi connectivity index (χ2n) is 5.06. The van der Waals surface area contributed by atoms with Gasteiger partial charge < -0.3 is 15.5 Å². The molecule has 1 fully saturated rings. The third-order valence-electron chi connectivity index (χ3n) is 3.69. The lowest BCUT2D eigenvalue weighted by Gasteiger charge is -2.19. The SMILES string of the molecule is CCN(CC)c1nc(NC)nc(NCC2CC2C)n1. The Morgan fingerprint density at radius 1 is 1.16 bits per heavy atom. The van der Waals surface area contributed by atoms with Crippen molar-refractivity contribution in [3.05, 3.63) is 0 Å². The van der Waals surface area contributed by atoms with E-state index in [2.05, 4.69) is 51.3 Å². The number of aromatic nitrogens is 3. The topological polar surface area (TPSA) is 66.0 Å². The monoisotopic (exact) mass is 264 g/mol. The number of anilines is 3. The lowest BCUT2D eigenvalue weighted by molar-refractivity contribution is 0.773. The van der Waals surface area contributed by atoms with Crippen molar-refractivity contribution in [2.75, 3.05) is 42.2 Å². The minimum atomic E-state index is 0.614. The van der Waals surface area contributed by atoms with E-state index in [0.717, 1.165) is 37.4 Å². The molecule has 6 heteroatoms. The number of rotatable bonds is 7. The Morgan fingerprint density at radius 2 is 1.79 bits per heavy atom. The largest absolute Gasteiger partial charge is 0.357 e. The molecule has 1 heterocycles. The fraction of sp³-hybridized carbons (Fsp3) is 0.769. The summed E-state index contributed by atoms with van der Waals surface area (Å²) in [6.07, 6.45) is 1.31. The molecule has 106 valence electrons. The van der Waals surface area contributed by atoms with E-state index in [0.29, 0.717) is 11.9 Å². The minimum absolute atomic E-state index is 0.614. The van der Waals surface area contributed by atoms with Crippen LogP contribution in [0.15, 0.2) is 0 Å². The molecule has 2 rings (SSSR count). The minimum Gasteiger partial charge on any atom is -0.357 e. The Kier molecular flexibility index (Phi) is 4.39. The lowest BCUT2D eigenvalue weighted by Crippen LogP contribution is -2.25. The van der Waals surface area contributed by atoms with Gasteiger partial charge in [-0.2, -0.15) is 15.0 Å². The van der Waals surface area contributed by atoms with Gasteiger partial charge in [-0.1, -0.05) is 6.92 Å². The van der Waals surface area contributed by atoms with Gasteiger partial charge in [0.2, 0.25) is 17.8 Å². The maximum atomic E-state index is 4.50. The lowest BCUT2D eigenvalue weighted by atomic mass is 10.3. The van der Waals surface area contributed by atoms with Crippen molar-refractivity contribution in [1.82, 2.24) is 15.0 Å². The van der Waals surface area contributed by atoms with Crippen LogP contribution in [0.1, 0.15) is 27.2 Å². The second-order valence-corrected chi connectivity index (χ2v) is 5.06. The first-order valence-electron chi connectivity index (χ1n) is 7.10.